The third-order valence-corrected chi connectivity index (χ3v) is 5.53. The highest BCUT2D eigenvalue weighted by atomic mass is 16.5. The predicted molar refractivity (Wildman–Crippen MR) is 130 cm³/mol. The molecular weight excluding hydrogens is 418 g/mol. The molecule has 1 aliphatic rings. The summed E-state index contributed by atoms with van der Waals surface area (Å²) >= 11 is 0. The Bertz CT molecular complexity index is 986. The molecule has 2 aromatic rings. The Morgan fingerprint density at radius 1 is 1.12 bits per heavy atom. The maximum absolute atomic E-state index is 12.7. The summed E-state index contributed by atoms with van der Waals surface area (Å²) in [6.07, 6.45) is 4.87. The number of esters is 1. The van der Waals surface area contributed by atoms with E-state index in [0.717, 1.165) is 49.0 Å². The highest BCUT2D eigenvalue weighted by molar-refractivity contribution is 6.05. The first-order valence-electron chi connectivity index (χ1n) is 11.7. The minimum Gasteiger partial charge on any atom is -0.490 e. The number of aliphatic imine (C=N–C) groups is 1. The van der Waals surface area contributed by atoms with Gasteiger partial charge in [-0.15, -0.1) is 0 Å². The summed E-state index contributed by atoms with van der Waals surface area (Å²) in [6, 6.07) is 12.7. The van der Waals surface area contributed by atoms with Crippen LogP contribution in [0.1, 0.15) is 67.4 Å². The Labute approximate surface area is 195 Å². The van der Waals surface area contributed by atoms with Gasteiger partial charge in [0.25, 0.3) is 5.91 Å². The SMILES string of the molecule is CCCCCN=C(N)c1ccc(C(=O)Nc2ccc3c(c2)CCC(CC(=O)OCC)O3)cc1. The van der Waals surface area contributed by atoms with Crippen LogP contribution in [0.15, 0.2) is 47.5 Å². The van der Waals surface area contributed by atoms with Crippen molar-refractivity contribution in [2.75, 3.05) is 18.5 Å². The van der Waals surface area contributed by atoms with Crippen molar-refractivity contribution in [1.29, 1.82) is 0 Å². The molecule has 0 aliphatic carbocycles. The second-order valence-electron chi connectivity index (χ2n) is 8.12. The van der Waals surface area contributed by atoms with Crippen LogP contribution >= 0.6 is 0 Å². The number of unbranched alkanes of at least 4 members (excludes halogenated alkanes) is 2. The molecule has 0 radical (unpaired) electrons. The number of rotatable bonds is 10. The number of aryl methyl sites for hydroxylation is 1. The molecule has 7 heteroatoms. The number of nitrogens with one attached hydrogen (secondary N) is 1. The van der Waals surface area contributed by atoms with Crippen molar-refractivity contribution in [3.63, 3.8) is 0 Å². The molecule has 1 aliphatic heterocycles. The van der Waals surface area contributed by atoms with Crippen LogP contribution in [-0.2, 0) is 16.0 Å². The minimum absolute atomic E-state index is 0.182. The maximum atomic E-state index is 12.7. The number of amides is 1. The van der Waals surface area contributed by atoms with Crippen molar-refractivity contribution in [1.82, 2.24) is 0 Å². The molecule has 1 atom stereocenters. The van der Waals surface area contributed by atoms with E-state index >= 15 is 0 Å². The number of nitrogens with zero attached hydrogens (tertiary/aromatic N) is 1. The molecule has 3 rings (SSSR count). The highest BCUT2D eigenvalue weighted by Gasteiger charge is 2.23. The molecule has 176 valence electrons. The van der Waals surface area contributed by atoms with E-state index < -0.39 is 0 Å². The van der Waals surface area contributed by atoms with Crippen LogP contribution in [0.25, 0.3) is 0 Å². The second-order valence-corrected chi connectivity index (χ2v) is 8.12. The van der Waals surface area contributed by atoms with Crippen LogP contribution in [0.3, 0.4) is 0 Å². The molecule has 0 saturated carbocycles. The lowest BCUT2D eigenvalue weighted by molar-refractivity contribution is -0.145. The molecule has 1 heterocycles. The van der Waals surface area contributed by atoms with Gasteiger partial charge in [-0.1, -0.05) is 31.9 Å². The Morgan fingerprint density at radius 3 is 2.61 bits per heavy atom. The van der Waals surface area contributed by atoms with Gasteiger partial charge >= 0.3 is 5.97 Å². The Kier molecular flexibility index (Phi) is 8.87. The van der Waals surface area contributed by atoms with Gasteiger partial charge in [0.05, 0.1) is 13.0 Å². The topological polar surface area (TPSA) is 103 Å². The van der Waals surface area contributed by atoms with Crippen LogP contribution in [0, 0.1) is 0 Å². The molecule has 7 nitrogen and oxygen atoms in total. The molecule has 0 bridgehead atoms. The van der Waals surface area contributed by atoms with E-state index in [2.05, 4.69) is 17.2 Å². The van der Waals surface area contributed by atoms with E-state index in [1.165, 1.54) is 0 Å². The molecule has 3 N–H and O–H groups in total. The lowest BCUT2D eigenvalue weighted by Gasteiger charge is -2.26. The fraction of sp³-hybridized carbons (Fsp3) is 0.423. The van der Waals surface area contributed by atoms with Crippen molar-refractivity contribution < 1.29 is 19.1 Å². The maximum Gasteiger partial charge on any atom is 0.309 e. The number of hydrogen-bond donors (Lipinski definition) is 2. The summed E-state index contributed by atoms with van der Waals surface area (Å²) in [7, 11) is 0. The summed E-state index contributed by atoms with van der Waals surface area (Å²) < 4.78 is 10.9. The number of carbonyl (C=O) groups is 2. The molecule has 0 spiro atoms. The Hall–Kier alpha value is -3.35. The van der Waals surface area contributed by atoms with Gasteiger partial charge in [-0.25, -0.2) is 0 Å². The van der Waals surface area contributed by atoms with Gasteiger partial charge in [0, 0.05) is 23.4 Å². The fourth-order valence-electron chi connectivity index (χ4n) is 3.72. The molecule has 1 unspecified atom stereocenters. The summed E-state index contributed by atoms with van der Waals surface area (Å²) in [6.45, 7) is 5.03. The second kappa shape index (κ2) is 12.0. The molecule has 1 amide bonds. The molecular formula is C26H33N3O4. The molecule has 0 saturated heterocycles. The van der Waals surface area contributed by atoms with Crippen molar-refractivity contribution in [3.8, 4) is 5.75 Å². The molecule has 33 heavy (non-hydrogen) atoms. The number of nitrogens with two attached hydrogens (primary N) is 1. The van der Waals surface area contributed by atoms with Crippen LogP contribution in [-0.4, -0.2) is 37.0 Å². The largest absolute Gasteiger partial charge is 0.490 e. The van der Waals surface area contributed by atoms with Crippen molar-refractivity contribution >= 4 is 23.4 Å². The first-order chi connectivity index (χ1) is 16.0. The van der Waals surface area contributed by atoms with E-state index in [-0.39, 0.29) is 24.4 Å². The van der Waals surface area contributed by atoms with E-state index in [0.29, 0.717) is 30.2 Å². The van der Waals surface area contributed by atoms with E-state index in [1.807, 2.05) is 24.3 Å². The zero-order chi connectivity index (χ0) is 23.6. The fourth-order valence-corrected chi connectivity index (χ4v) is 3.72. The zero-order valence-corrected chi connectivity index (χ0v) is 19.4. The van der Waals surface area contributed by atoms with Crippen molar-refractivity contribution in [2.45, 2.75) is 58.5 Å². The monoisotopic (exact) mass is 451 g/mol. The number of anilines is 1. The van der Waals surface area contributed by atoms with Gasteiger partial charge < -0.3 is 20.5 Å². The third kappa shape index (κ3) is 7.07. The van der Waals surface area contributed by atoms with E-state index in [4.69, 9.17) is 15.2 Å². The Balaban J connectivity index is 1.57. The standard InChI is InChI=1S/C26H33N3O4/c1-3-5-6-15-28-25(27)18-7-9-19(10-8-18)26(31)29-21-12-14-23-20(16-21)11-13-22(33-23)17-24(30)32-4-2/h7-10,12,14,16,22H,3-6,11,13,15,17H2,1-2H3,(H2,27,28)(H,29,31). The third-order valence-electron chi connectivity index (χ3n) is 5.53. The van der Waals surface area contributed by atoms with Gasteiger partial charge in [-0.05, 0) is 62.1 Å². The van der Waals surface area contributed by atoms with E-state index in [9.17, 15) is 9.59 Å². The van der Waals surface area contributed by atoms with Gasteiger partial charge in [0.1, 0.15) is 17.7 Å². The predicted octanol–water partition coefficient (Wildman–Crippen LogP) is 4.48. The number of ether oxygens (including phenoxy) is 2. The zero-order valence-electron chi connectivity index (χ0n) is 19.4. The number of hydrogen-bond acceptors (Lipinski definition) is 5. The first kappa shape index (κ1) is 24.3. The normalized spacial score (nSPS) is 15.3. The van der Waals surface area contributed by atoms with Crippen molar-refractivity contribution in [3.05, 3.63) is 59.2 Å². The van der Waals surface area contributed by atoms with E-state index in [1.54, 1.807) is 25.1 Å². The van der Waals surface area contributed by atoms with Crippen LogP contribution < -0.4 is 15.8 Å². The average Bonchev–Trinajstić information content (AvgIpc) is 2.82. The summed E-state index contributed by atoms with van der Waals surface area (Å²) in [5.74, 6) is 0.794. The molecule has 0 fully saturated rings. The quantitative estimate of drug-likeness (QED) is 0.240. The smallest absolute Gasteiger partial charge is 0.309 e. The highest BCUT2D eigenvalue weighted by Crippen LogP contribution is 2.31. The number of benzene rings is 2. The number of carbonyl (C=O) groups excluding carboxylic acids is 2. The number of fused-ring (bicyclic) bond motifs is 1. The summed E-state index contributed by atoms with van der Waals surface area (Å²) in [4.78, 5) is 28.8. The average molecular weight is 452 g/mol. The van der Waals surface area contributed by atoms with Gasteiger partial charge in [-0.3, -0.25) is 14.6 Å². The van der Waals surface area contributed by atoms with Gasteiger partial charge in [0.2, 0.25) is 0 Å². The van der Waals surface area contributed by atoms with Gasteiger partial charge in [-0.2, -0.15) is 0 Å². The number of amidine groups is 1. The summed E-state index contributed by atoms with van der Waals surface area (Å²) in [5, 5.41) is 2.94. The molecule has 2 aromatic carbocycles. The first-order valence-corrected chi connectivity index (χ1v) is 11.7. The lowest BCUT2D eigenvalue weighted by atomic mass is 10.00. The lowest BCUT2D eigenvalue weighted by Crippen LogP contribution is -2.26. The Morgan fingerprint density at radius 2 is 1.88 bits per heavy atom. The van der Waals surface area contributed by atoms with Crippen LogP contribution in [0.2, 0.25) is 0 Å². The van der Waals surface area contributed by atoms with Gasteiger partial charge in [0.15, 0.2) is 0 Å². The summed E-state index contributed by atoms with van der Waals surface area (Å²) in [5.41, 5.74) is 9.12. The molecule has 0 aromatic heterocycles. The van der Waals surface area contributed by atoms with Crippen molar-refractivity contribution in [2.24, 2.45) is 10.7 Å². The van der Waals surface area contributed by atoms with Crippen LogP contribution in [0.4, 0.5) is 5.69 Å². The van der Waals surface area contributed by atoms with Crippen LogP contribution in [0.5, 0.6) is 5.75 Å². The minimum atomic E-state index is -0.245.